The summed E-state index contributed by atoms with van der Waals surface area (Å²) in [5.41, 5.74) is 1.50. The van der Waals surface area contributed by atoms with Crippen molar-refractivity contribution in [2.24, 2.45) is 0 Å². The van der Waals surface area contributed by atoms with Gasteiger partial charge in [-0.05, 0) is 81.0 Å². The summed E-state index contributed by atoms with van der Waals surface area (Å²) in [4.78, 5) is 17.4. The summed E-state index contributed by atoms with van der Waals surface area (Å²) in [6.07, 6.45) is 5.34. The molecule has 0 spiro atoms. The number of halogens is 1. The molecule has 0 aromatic heterocycles. The Kier molecular flexibility index (Phi) is 6.93. The molecule has 35 heavy (non-hydrogen) atoms. The fourth-order valence-corrected chi connectivity index (χ4v) is 5.99. The predicted octanol–water partition coefficient (Wildman–Crippen LogP) is 3.55. The second kappa shape index (κ2) is 10.1. The van der Waals surface area contributed by atoms with E-state index in [1.54, 1.807) is 12.1 Å². The molecule has 2 aromatic rings. The van der Waals surface area contributed by atoms with Crippen LogP contribution in [0.4, 0.5) is 4.39 Å². The van der Waals surface area contributed by atoms with Gasteiger partial charge in [0.15, 0.2) is 0 Å². The third-order valence-electron chi connectivity index (χ3n) is 7.89. The molecule has 0 bridgehead atoms. The fourth-order valence-electron chi connectivity index (χ4n) is 5.99. The van der Waals surface area contributed by atoms with Gasteiger partial charge in [-0.25, -0.2) is 4.39 Å². The summed E-state index contributed by atoms with van der Waals surface area (Å²) < 4.78 is 13.7. The van der Waals surface area contributed by atoms with Crippen molar-refractivity contribution < 1.29 is 19.4 Å². The lowest BCUT2D eigenvalue weighted by Crippen LogP contribution is -2.67. The molecule has 2 aromatic carbocycles. The zero-order valence-corrected chi connectivity index (χ0v) is 20.0. The van der Waals surface area contributed by atoms with Crippen LogP contribution in [0.5, 0.6) is 0 Å². The third-order valence-corrected chi connectivity index (χ3v) is 7.89. The van der Waals surface area contributed by atoms with Gasteiger partial charge in [0, 0.05) is 42.2 Å². The Hall–Kier alpha value is -2.72. The van der Waals surface area contributed by atoms with Crippen molar-refractivity contribution in [2.75, 3.05) is 26.2 Å². The van der Waals surface area contributed by atoms with E-state index < -0.39 is 11.4 Å². The first-order valence-corrected chi connectivity index (χ1v) is 12.7. The summed E-state index contributed by atoms with van der Waals surface area (Å²) in [7, 11) is 0. The predicted molar refractivity (Wildman–Crippen MR) is 132 cm³/mol. The molecule has 184 valence electrons. The van der Waals surface area contributed by atoms with Crippen LogP contribution in [0.15, 0.2) is 48.5 Å². The minimum atomic E-state index is -0.856. The number of aliphatic hydroxyl groups is 2. The Morgan fingerprint density at radius 1 is 1.06 bits per heavy atom. The Labute approximate surface area is 206 Å². The molecule has 2 aliphatic heterocycles. The quantitative estimate of drug-likeness (QED) is 0.666. The highest BCUT2D eigenvalue weighted by molar-refractivity contribution is 5.94. The van der Waals surface area contributed by atoms with Crippen LogP contribution in [0.1, 0.15) is 65.9 Å². The first-order chi connectivity index (χ1) is 17.0. The van der Waals surface area contributed by atoms with E-state index in [9.17, 15) is 19.4 Å². The molecule has 0 unspecified atom stereocenters. The number of rotatable bonds is 3. The van der Waals surface area contributed by atoms with Crippen LogP contribution in [0.25, 0.3) is 0 Å². The first kappa shape index (κ1) is 24.0. The van der Waals surface area contributed by atoms with Crippen LogP contribution >= 0.6 is 0 Å². The summed E-state index contributed by atoms with van der Waals surface area (Å²) in [5, 5.41) is 20.7. The van der Waals surface area contributed by atoms with Gasteiger partial charge in [-0.1, -0.05) is 30.0 Å². The SMILES string of the molecule is O=C(c1cccc(F)c1)N1CCCCN2[C@H](CO)[C@@H](c3ccc(C#CC4(O)CCCC4)cc3)[C@@H]2C1. The lowest BCUT2D eigenvalue weighted by Gasteiger charge is -2.57. The van der Waals surface area contributed by atoms with E-state index in [2.05, 4.69) is 28.9 Å². The number of amides is 1. The maximum atomic E-state index is 13.7. The molecule has 3 aliphatic rings. The van der Waals surface area contributed by atoms with Crippen LogP contribution in [0.2, 0.25) is 0 Å². The molecule has 1 aliphatic carbocycles. The molecule has 6 heteroatoms. The van der Waals surface area contributed by atoms with E-state index in [-0.39, 0.29) is 30.5 Å². The first-order valence-electron chi connectivity index (χ1n) is 12.7. The maximum absolute atomic E-state index is 13.7. The highest BCUT2D eigenvalue weighted by atomic mass is 19.1. The number of aliphatic hydroxyl groups excluding tert-OH is 1. The van der Waals surface area contributed by atoms with E-state index >= 15 is 0 Å². The molecule has 2 saturated heterocycles. The van der Waals surface area contributed by atoms with Gasteiger partial charge < -0.3 is 15.1 Å². The van der Waals surface area contributed by atoms with Gasteiger partial charge in [0.05, 0.1) is 6.61 Å². The van der Waals surface area contributed by atoms with Gasteiger partial charge in [-0.15, -0.1) is 0 Å². The standard InChI is InChI=1S/C29H33FN2O3/c30-24-7-5-6-23(18-24)28(34)31-16-3-4-17-32-25(19-31)27(26(32)20-33)22-10-8-21(9-11-22)12-15-29(35)13-1-2-14-29/h5-11,18,25-27,33,35H,1-4,13-14,16-17,19-20H2/t25-,26+,27-/m0/s1. The molecular formula is C29H33FN2O3. The molecule has 0 radical (unpaired) electrons. The van der Waals surface area contributed by atoms with E-state index in [0.717, 1.165) is 56.2 Å². The highest BCUT2D eigenvalue weighted by Gasteiger charge is 2.49. The molecule has 3 fully saturated rings. The van der Waals surface area contributed by atoms with Crippen molar-refractivity contribution in [3.8, 4) is 11.8 Å². The molecule has 2 N–H and O–H groups in total. The van der Waals surface area contributed by atoms with Gasteiger partial charge in [0.25, 0.3) is 5.91 Å². The van der Waals surface area contributed by atoms with Gasteiger partial charge in [0.1, 0.15) is 11.4 Å². The van der Waals surface area contributed by atoms with Crippen molar-refractivity contribution in [1.82, 2.24) is 9.80 Å². The van der Waals surface area contributed by atoms with Crippen molar-refractivity contribution in [3.63, 3.8) is 0 Å². The Morgan fingerprint density at radius 3 is 2.51 bits per heavy atom. The minimum Gasteiger partial charge on any atom is -0.395 e. The van der Waals surface area contributed by atoms with Gasteiger partial charge in [-0.3, -0.25) is 9.69 Å². The van der Waals surface area contributed by atoms with Crippen LogP contribution < -0.4 is 0 Å². The Balaban J connectivity index is 1.35. The molecule has 1 amide bonds. The average Bonchev–Trinajstić information content (AvgIpc) is 3.29. The zero-order valence-electron chi connectivity index (χ0n) is 20.0. The Morgan fingerprint density at radius 2 is 1.80 bits per heavy atom. The van der Waals surface area contributed by atoms with Crippen LogP contribution in [0.3, 0.4) is 0 Å². The normalized spacial score (nSPS) is 26.0. The largest absolute Gasteiger partial charge is 0.395 e. The number of nitrogens with zero attached hydrogens (tertiary/aromatic N) is 2. The maximum Gasteiger partial charge on any atom is 0.254 e. The lowest BCUT2D eigenvalue weighted by molar-refractivity contribution is -0.0606. The summed E-state index contributed by atoms with van der Waals surface area (Å²) in [5.74, 6) is 5.73. The van der Waals surface area contributed by atoms with Gasteiger partial charge in [-0.2, -0.15) is 0 Å². The van der Waals surface area contributed by atoms with Crippen LogP contribution in [0, 0.1) is 17.7 Å². The van der Waals surface area contributed by atoms with Crippen molar-refractivity contribution >= 4 is 5.91 Å². The molecular weight excluding hydrogens is 443 g/mol. The van der Waals surface area contributed by atoms with Crippen molar-refractivity contribution in [2.45, 2.75) is 62.1 Å². The van der Waals surface area contributed by atoms with Crippen LogP contribution in [-0.2, 0) is 0 Å². The highest BCUT2D eigenvalue weighted by Crippen LogP contribution is 2.42. The van der Waals surface area contributed by atoms with E-state index in [1.165, 1.54) is 12.1 Å². The molecule has 5 nitrogen and oxygen atoms in total. The van der Waals surface area contributed by atoms with E-state index in [1.807, 2.05) is 17.0 Å². The van der Waals surface area contributed by atoms with Crippen molar-refractivity contribution in [3.05, 3.63) is 71.0 Å². The van der Waals surface area contributed by atoms with Crippen LogP contribution in [-0.4, -0.2) is 69.8 Å². The topological polar surface area (TPSA) is 64.0 Å². The second-order valence-corrected chi connectivity index (χ2v) is 10.2. The van der Waals surface area contributed by atoms with Gasteiger partial charge >= 0.3 is 0 Å². The van der Waals surface area contributed by atoms with E-state index in [0.29, 0.717) is 18.7 Å². The molecule has 3 atom stereocenters. The number of benzene rings is 2. The number of hydrogen-bond acceptors (Lipinski definition) is 4. The smallest absolute Gasteiger partial charge is 0.254 e. The number of carbonyl (C=O) groups excluding carboxylic acids is 1. The molecule has 5 rings (SSSR count). The summed E-state index contributed by atoms with van der Waals surface area (Å²) in [6.45, 7) is 2.16. The average molecular weight is 477 g/mol. The lowest BCUT2D eigenvalue weighted by atomic mass is 9.74. The zero-order chi connectivity index (χ0) is 24.4. The summed E-state index contributed by atoms with van der Waals surface area (Å²) in [6, 6.07) is 14.1. The minimum absolute atomic E-state index is 0.0142. The number of hydrogen-bond donors (Lipinski definition) is 2. The monoisotopic (exact) mass is 476 g/mol. The molecule has 1 saturated carbocycles. The number of carbonyl (C=O) groups is 1. The van der Waals surface area contributed by atoms with Crippen molar-refractivity contribution in [1.29, 1.82) is 0 Å². The third kappa shape index (κ3) is 4.99. The van der Waals surface area contributed by atoms with Gasteiger partial charge in [0.2, 0.25) is 0 Å². The van der Waals surface area contributed by atoms with E-state index in [4.69, 9.17) is 0 Å². The molecule has 2 heterocycles. The second-order valence-electron chi connectivity index (χ2n) is 10.2. The number of fused-ring (bicyclic) bond motifs is 1. The Bertz CT molecular complexity index is 1120. The fraction of sp³-hybridized carbons (Fsp3) is 0.483. The summed E-state index contributed by atoms with van der Waals surface area (Å²) >= 11 is 0.